The van der Waals surface area contributed by atoms with E-state index in [4.69, 9.17) is 0 Å². The molecule has 0 saturated heterocycles. The Hall–Kier alpha value is -3.82. The molecule has 12 heteroatoms. The van der Waals surface area contributed by atoms with E-state index in [1.165, 1.54) is 68.4 Å². The Bertz CT molecular complexity index is 1540. The zero-order valence-electron chi connectivity index (χ0n) is 23.0. The van der Waals surface area contributed by atoms with Crippen LogP contribution in [0.25, 0.3) is 11.1 Å². The van der Waals surface area contributed by atoms with Crippen molar-refractivity contribution < 1.29 is 35.2 Å². The Morgan fingerprint density at radius 2 is 1.48 bits per heavy atom. The molecule has 0 bridgehead atoms. The number of carbonyl (C=O) groups excluding carboxylic acids is 1. The van der Waals surface area contributed by atoms with Gasteiger partial charge in [-0.2, -0.15) is 18.4 Å². The van der Waals surface area contributed by atoms with Crippen molar-refractivity contribution in [2.45, 2.75) is 55.6 Å². The predicted molar refractivity (Wildman–Crippen MR) is 148 cm³/mol. The van der Waals surface area contributed by atoms with E-state index in [0.29, 0.717) is 11.1 Å². The summed E-state index contributed by atoms with van der Waals surface area (Å²) in [7, 11) is -3.43. The van der Waals surface area contributed by atoms with Crippen LogP contribution in [-0.2, 0) is 21.1 Å². The number of nitrogens with one attached hydrogen (secondary N) is 2. The minimum Gasteiger partial charge on any atom is -0.336 e. The number of amides is 1. The molecule has 42 heavy (non-hydrogen) atoms. The van der Waals surface area contributed by atoms with Gasteiger partial charge in [-0.1, -0.05) is 68.4 Å². The maximum absolute atomic E-state index is 16.2. The van der Waals surface area contributed by atoms with Crippen LogP contribution in [0.5, 0.6) is 0 Å². The van der Waals surface area contributed by atoms with Crippen LogP contribution < -0.4 is 10.6 Å². The van der Waals surface area contributed by atoms with Gasteiger partial charge in [-0.05, 0) is 46.4 Å². The highest BCUT2D eigenvalue weighted by Crippen LogP contribution is 2.37. The molecule has 0 spiro atoms. The van der Waals surface area contributed by atoms with Gasteiger partial charge in [0.2, 0.25) is 5.79 Å². The average Bonchev–Trinajstić information content (AvgIpc) is 2.91. The smallest absolute Gasteiger partial charge is 0.336 e. The van der Waals surface area contributed by atoms with E-state index >= 15 is 4.39 Å². The number of carbonyl (C=O) groups is 1. The number of nitrogens with zero attached hydrogens (tertiary/aromatic N) is 1. The van der Waals surface area contributed by atoms with Gasteiger partial charge >= 0.3 is 6.18 Å². The molecular weight excluding hydrogens is 577 g/mol. The zero-order valence-corrected chi connectivity index (χ0v) is 23.9. The van der Waals surface area contributed by atoms with Gasteiger partial charge in [0.25, 0.3) is 5.91 Å². The maximum atomic E-state index is 16.2. The Labute approximate surface area is 241 Å². The first-order chi connectivity index (χ1) is 19.5. The highest BCUT2D eigenvalue weighted by molar-refractivity contribution is 7.90. The first kappa shape index (κ1) is 32.7. The maximum Gasteiger partial charge on any atom is 0.408 e. The second kappa shape index (κ2) is 13.0. The highest BCUT2D eigenvalue weighted by atomic mass is 32.2. The number of alkyl halides is 4. The monoisotopic (exact) mass is 607 g/mol. The molecule has 3 aromatic rings. The lowest BCUT2D eigenvalue weighted by atomic mass is 9.95. The number of benzene rings is 3. The molecule has 2 N–H and O–H groups in total. The molecule has 0 fully saturated rings. The van der Waals surface area contributed by atoms with Gasteiger partial charge < -0.3 is 5.32 Å². The molecule has 0 saturated carbocycles. The molecule has 3 aromatic carbocycles. The van der Waals surface area contributed by atoms with E-state index in [0.717, 1.165) is 24.5 Å². The van der Waals surface area contributed by atoms with Gasteiger partial charge in [0.05, 0.1) is 11.0 Å². The number of nitriles is 1. The predicted octanol–water partition coefficient (Wildman–Crippen LogP) is 6.05. The Kier molecular flexibility index (Phi) is 10.1. The summed E-state index contributed by atoms with van der Waals surface area (Å²) in [6, 6.07) is 14.0. The van der Waals surface area contributed by atoms with E-state index in [-0.39, 0.29) is 22.4 Å². The Morgan fingerprint density at radius 3 is 1.95 bits per heavy atom. The molecule has 0 aliphatic heterocycles. The van der Waals surface area contributed by atoms with Gasteiger partial charge in [0.15, 0.2) is 9.84 Å². The number of halogens is 5. The van der Waals surface area contributed by atoms with Crippen molar-refractivity contribution in [1.82, 2.24) is 10.6 Å². The Balaban J connectivity index is 1.88. The highest BCUT2D eigenvalue weighted by Gasteiger charge is 2.50. The quantitative estimate of drug-likeness (QED) is 0.204. The van der Waals surface area contributed by atoms with Crippen LogP contribution in [0.2, 0.25) is 0 Å². The lowest BCUT2D eigenvalue weighted by Crippen LogP contribution is -2.59. The van der Waals surface area contributed by atoms with Crippen LogP contribution in [0, 0.1) is 23.1 Å². The minimum atomic E-state index is -5.02. The number of rotatable bonds is 11. The SMILES string of the molecule is CC(C)C[C@@](F)(N[C@@H](c1ccc(-c2ccc(S(C)(=O)=O)cc2)cc1)C(F)(F)F)C(=O)N[C@H](C#N)Cc1ccccc1F. The number of hydrogen-bond acceptors (Lipinski definition) is 5. The van der Waals surface area contributed by atoms with Gasteiger partial charge in [0.1, 0.15) is 17.9 Å². The van der Waals surface area contributed by atoms with Crippen molar-refractivity contribution >= 4 is 15.7 Å². The molecule has 1 amide bonds. The summed E-state index contributed by atoms with van der Waals surface area (Å²) in [5.41, 5.74) is 0.726. The molecule has 0 aromatic heterocycles. The van der Waals surface area contributed by atoms with Crippen molar-refractivity contribution in [3.05, 3.63) is 89.7 Å². The van der Waals surface area contributed by atoms with Crippen molar-refractivity contribution in [2.24, 2.45) is 5.92 Å². The van der Waals surface area contributed by atoms with Crippen LogP contribution in [-0.4, -0.2) is 38.6 Å². The molecular formula is C30H30F5N3O3S. The van der Waals surface area contributed by atoms with Crippen LogP contribution >= 0.6 is 0 Å². The van der Waals surface area contributed by atoms with Crippen molar-refractivity contribution in [3.63, 3.8) is 0 Å². The van der Waals surface area contributed by atoms with Gasteiger partial charge in [-0.25, -0.2) is 17.2 Å². The molecule has 0 aliphatic carbocycles. The third-order valence-corrected chi connectivity index (χ3v) is 7.58. The third-order valence-electron chi connectivity index (χ3n) is 6.45. The lowest BCUT2D eigenvalue weighted by molar-refractivity contribution is -0.173. The lowest BCUT2D eigenvalue weighted by Gasteiger charge is -2.33. The number of hydrogen-bond donors (Lipinski definition) is 2. The number of sulfone groups is 1. The molecule has 0 radical (unpaired) electrons. The van der Waals surface area contributed by atoms with Crippen molar-refractivity contribution in [3.8, 4) is 17.2 Å². The standard InChI is InChI=1S/C30H30F5N3O3S/c1-19(2)17-29(32,28(39)37-24(18-36)16-23-6-4-5-7-26(23)31)38-27(30(33,34)35)22-10-8-20(9-11-22)21-12-14-25(15-13-21)42(3,40)41/h4-15,19,24,27,38H,16-17H2,1-3H3,(H,37,39)/t24-,27-,29+/m0/s1. The second-order valence-corrected chi connectivity index (χ2v) is 12.4. The summed E-state index contributed by atoms with van der Waals surface area (Å²) in [5.74, 6) is -5.92. The molecule has 3 atom stereocenters. The molecule has 0 aliphatic rings. The molecule has 3 rings (SSSR count). The summed E-state index contributed by atoms with van der Waals surface area (Å²) in [6.45, 7) is 3.05. The van der Waals surface area contributed by atoms with Crippen LogP contribution in [0.15, 0.2) is 77.7 Å². The first-order valence-electron chi connectivity index (χ1n) is 12.9. The summed E-state index contributed by atoms with van der Waals surface area (Å²) in [4.78, 5) is 13.2. The average molecular weight is 608 g/mol. The molecule has 0 heterocycles. The van der Waals surface area contributed by atoms with Gasteiger partial charge in [0, 0.05) is 19.1 Å². The van der Waals surface area contributed by atoms with Crippen LogP contribution in [0.1, 0.15) is 37.4 Å². The van der Waals surface area contributed by atoms with Crippen LogP contribution in [0.4, 0.5) is 22.0 Å². The fourth-order valence-electron chi connectivity index (χ4n) is 4.41. The van der Waals surface area contributed by atoms with E-state index in [1.54, 1.807) is 6.07 Å². The third kappa shape index (κ3) is 8.36. The van der Waals surface area contributed by atoms with E-state index in [1.807, 2.05) is 5.32 Å². The van der Waals surface area contributed by atoms with E-state index in [9.17, 15) is 36.0 Å². The summed E-state index contributed by atoms with van der Waals surface area (Å²) >= 11 is 0. The fourth-order valence-corrected chi connectivity index (χ4v) is 5.04. The van der Waals surface area contributed by atoms with Gasteiger partial charge in [-0.3, -0.25) is 10.1 Å². The normalized spacial score (nSPS) is 15.0. The summed E-state index contributed by atoms with van der Waals surface area (Å²) < 4.78 is 96.5. The fraction of sp³-hybridized carbons (Fsp3) is 0.333. The van der Waals surface area contributed by atoms with E-state index < -0.39 is 58.0 Å². The van der Waals surface area contributed by atoms with Crippen LogP contribution in [0.3, 0.4) is 0 Å². The molecule has 0 unspecified atom stereocenters. The summed E-state index contributed by atoms with van der Waals surface area (Å²) in [5, 5.41) is 13.5. The molecule has 224 valence electrons. The zero-order chi connectivity index (χ0) is 31.3. The largest absolute Gasteiger partial charge is 0.408 e. The van der Waals surface area contributed by atoms with E-state index in [2.05, 4.69) is 5.32 Å². The van der Waals surface area contributed by atoms with Gasteiger partial charge in [-0.15, -0.1) is 0 Å². The topological polar surface area (TPSA) is 99.1 Å². The summed E-state index contributed by atoms with van der Waals surface area (Å²) in [6.07, 6.45) is -4.93. The first-order valence-corrected chi connectivity index (χ1v) is 14.8. The van der Waals surface area contributed by atoms with Crippen molar-refractivity contribution in [1.29, 1.82) is 5.26 Å². The van der Waals surface area contributed by atoms with Crippen molar-refractivity contribution in [2.75, 3.05) is 6.26 Å². The Morgan fingerprint density at radius 1 is 0.929 bits per heavy atom. The minimum absolute atomic E-state index is 0.0739. The second-order valence-electron chi connectivity index (χ2n) is 10.4. The molecule has 6 nitrogen and oxygen atoms in total.